The maximum absolute atomic E-state index is 12.8. The van der Waals surface area contributed by atoms with Crippen LogP contribution in [0.25, 0.3) is 0 Å². The van der Waals surface area contributed by atoms with E-state index in [1.165, 1.54) is 0 Å². The molecule has 1 aromatic rings. The molecular weight excluding hydrogens is 396 g/mol. The zero-order valence-electron chi connectivity index (χ0n) is 16.8. The fourth-order valence-corrected chi connectivity index (χ4v) is 4.74. The highest BCUT2D eigenvalue weighted by Gasteiger charge is 2.53. The van der Waals surface area contributed by atoms with Gasteiger partial charge in [-0.15, -0.1) is 0 Å². The highest BCUT2D eigenvalue weighted by Crippen LogP contribution is 2.35. The van der Waals surface area contributed by atoms with Crippen molar-refractivity contribution in [3.05, 3.63) is 29.8 Å². The molecule has 1 spiro atoms. The van der Waals surface area contributed by atoms with Gasteiger partial charge in [0, 0.05) is 0 Å². The van der Waals surface area contributed by atoms with Gasteiger partial charge in [-0.1, -0.05) is 25.1 Å². The first-order chi connectivity index (χ1) is 13.5. The van der Waals surface area contributed by atoms with Crippen LogP contribution in [-0.4, -0.2) is 49.6 Å². The normalized spacial score (nSPS) is 24.5. The van der Waals surface area contributed by atoms with E-state index in [1.807, 2.05) is 0 Å². The number of aryl methyl sites for hydroxylation is 1. The molecule has 0 bridgehead atoms. The Hall–Kier alpha value is -2.62. The molecule has 29 heavy (non-hydrogen) atoms. The van der Waals surface area contributed by atoms with Crippen molar-refractivity contribution in [3.8, 4) is 0 Å². The summed E-state index contributed by atoms with van der Waals surface area (Å²) >= 11 is 0. The van der Waals surface area contributed by atoms with Crippen LogP contribution in [0.2, 0.25) is 0 Å². The molecule has 0 aromatic heterocycles. The summed E-state index contributed by atoms with van der Waals surface area (Å²) in [7, 11) is -3.76. The summed E-state index contributed by atoms with van der Waals surface area (Å²) in [5.74, 6) is -0.792. The Kier molecular flexibility index (Phi) is 5.57. The number of sulfonamides is 1. The first-order valence-electron chi connectivity index (χ1n) is 9.53. The average molecular weight is 423 g/mol. The van der Waals surface area contributed by atoms with Crippen molar-refractivity contribution in [1.29, 1.82) is 0 Å². The van der Waals surface area contributed by atoms with Crippen molar-refractivity contribution in [2.75, 3.05) is 17.1 Å². The summed E-state index contributed by atoms with van der Waals surface area (Å²) in [5.41, 5.74) is 2.34. The minimum absolute atomic E-state index is 0.361. The SMILES string of the molecule is Cc1ccccc1N(CC(=O)NN1C(=O)NC2(CCC(C)CC2)C1=O)S(C)(=O)=O. The summed E-state index contributed by atoms with van der Waals surface area (Å²) < 4.78 is 25.4. The van der Waals surface area contributed by atoms with Gasteiger partial charge in [0.05, 0.1) is 11.9 Å². The van der Waals surface area contributed by atoms with Crippen LogP contribution in [0.4, 0.5) is 10.5 Å². The van der Waals surface area contributed by atoms with Crippen LogP contribution >= 0.6 is 0 Å². The quantitative estimate of drug-likeness (QED) is 0.694. The Morgan fingerprint density at radius 1 is 1.28 bits per heavy atom. The number of imide groups is 1. The van der Waals surface area contributed by atoms with Gasteiger partial charge in [-0.25, -0.2) is 13.2 Å². The van der Waals surface area contributed by atoms with Gasteiger partial charge in [0.15, 0.2) is 0 Å². The Morgan fingerprint density at radius 2 is 1.90 bits per heavy atom. The number of para-hydroxylation sites is 1. The van der Waals surface area contributed by atoms with Gasteiger partial charge in [0.1, 0.15) is 12.1 Å². The standard InChI is InChI=1S/C19H26N4O5S/c1-13-8-10-19(11-9-13)17(25)23(18(26)20-19)21-16(24)12-22(29(3,27)28)15-7-5-4-6-14(15)2/h4-7,13H,8-12H2,1-3H3,(H,20,26)(H,21,24). The Bertz CT molecular complexity index is 938. The summed E-state index contributed by atoms with van der Waals surface area (Å²) in [6.07, 6.45) is 3.65. The molecule has 1 aliphatic carbocycles. The van der Waals surface area contributed by atoms with Crippen molar-refractivity contribution in [3.63, 3.8) is 0 Å². The third kappa shape index (κ3) is 4.21. The summed E-state index contributed by atoms with van der Waals surface area (Å²) in [6, 6.07) is 6.06. The van der Waals surface area contributed by atoms with Crippen LogP contribution in [0, 0.1) is 12.8 Å². The molecule has 2 fully saturated rings. The maximum atomic E-state index is 12.8. The smallest absolute Gasteiger partial charge is 0.322 e. The minimum Gasteiger partial charge on any atom is -0.322 e. The first kappa shape index (κ1) is 21.1. The van der Waals surface area contributed by atoms with Crippen molar-refractivity contribution in [2.45, 2.75) is 45.1 Å². The van der Waals surface area contributed by atoms with Crippen LogP contribution in [0.5, 0.6) is 0 Å². The number of amides is 4. The molecule has 1 aromatic carbocycles. The average Bonchev–Trinajstić information content (AvgIpc) is 2.86. The summed E-state index contributed by atoms with van der Waals surface area (Å²) in [6.45, 7) is 3.28. The number of carbonyl (C=O) groups is 3. The van der Waals surface area contributed by atoms with E-state index in [4.69, 9.17) is 0 Å². The molecule has 3 rings (SSSR count). The molecule has 158 valence electrons. The minimum atomic E-state index is -3.76. The monoisotopic (exact) mass is 422 g/mol. The molecule has 10 heteroatoms. The van der Waals surface area contributed by atoms with Gasteiger partial charge in [-0.3, -0.25) is 19.3 Å². The predicted octanol–water partition coefficient (Wildman–Crippen LogP) is 1.29. The van der Waals surface area contributed by atoms with Gasteiger partial charge in [-0.2, -0.15) is 5.01 Å². The van der Waals surface area contributed by atoms with Crippen LogP contribution in [0.1, 0.15) is 38.2 Å². The number of benzene rings is 1. The lowest BCUT2D eigenvalue weighted by Crippen LogP contribution is -2.53. The zero-order chi connectivity index (χ0) is 21.4. The molecule has 2 aliphatic rings. The van der Waals surface area contributed by atoms with Crippen molar-refractivity contribution < 1.29 is 22.8 Å². The first-order valence-corrected chi connectivity index (χ1v) is 11.4. The fourth-order valence-electron chi connectivity index (χ4n) is 3.83. The van der Waals surface area contributed by atoms with Gasteiger partial charge in [0.25, 0.3) is 11.8 Å². The zero-order valence-corrected chi connectivity index (χ0v) is 17.6. The number of urea groups is 1. The van der Waals surface area contributed by atoms with Crippen molar-refractivity contribution in [2.24, 2.45) is 5.92 Å². The lowest BCUT2D eigenvalue weighted by atomic mass is 9.77. The van der Waals surface area contributed by atoms with Crippen LogP contribution in [0.15, 0.2) is 24.3 Å². The number of anilines is 1. The molecule has 1 saturated heterocycles. The van der Waals surface area contributed by atoms with Crippen LogP contribution < -0.4 is 15.0 Å². The maximum Gasteiger partial charge on any atom is 0.344 e. The van der Waals surface area contributed by atoms with Crippen LogP contribution in [-0.2, 0) is 19.6 Å². The van der Waals surface area contributed by atoms with E-state index in [1.54, 1.807) is 31.2 Å². The lowest BCUT2D eigenvalue weighted by Gasteiger charge is -2.33. The van der Waals surface area contributed by atoms with E-state index in [0.717, 1.165) is 23.4 Å². The molecule has 4 amide bonds. The number of hydrogen-bond acceptors (Lipinski definition) is 5. The molecule has 0 atom stereocenters. The third-order valence-electron chi connectivity index (χ3n) is 5.60. The predicted molar refractivity (Wildman–Crippen MR) is 107 cm³/mol. The molecule has 0 unspecified atom stereocenters. The number of rotatable bonds is 5. The number of nitrogens with one attached hydrogen (secondary N) is 2. The number of hydrazine groups is 1. The van der Waals surface area contributed by atoms with Gasteiger partial charge >= 0.3 is 6.03 Å². The molecule has 1 saturated carbocycles. The number of carbonyl (C=O) groups excluding carboxylic acids is 3. The van der Waals surface area contributed by atoms with E-state index in [2.05, 4.69) is 17.7 Å². The van der Waals surface area contributed by atoms with Crippen molar-refractivity contribution in [1.82, 2.24) is 15.8 Å². The number of hydrogen-bond donors (Lipinski definition) is 2. The second-order valence-electron chi connectivity index (χ2n) is 7.93. The van der Waals surface area contributed by atoms with E-state index in [-0.39, 0.29) is 0 Å². The lowest BCUT2D eigenvalue weighted by molar-refractivity contribution is -0.139. The molecule has 0 radical (unpaired) electrons. The van der Waals surface area contributed by atoms with Crippen LogP contribution in [0.3, 0.4) is 0 Å². The molecule has 9 nitrogen and oxygen atoms in total. The number of nitrogens with zero attached hydrogens (tertiary/aromatic N) is 2. The van der Waals surface area contributed by atoms with E-state index < -0.39 is 40.0 Å². The molecular formula is C19H26N4O5S. The highest BCUT2D eigenvalue weighted by atomic mass is 32.2. The topological polar surface area (TPSA) is 116 Å². The fraction of sp³-hybridized carbons (Fsp3) is 0.526. The van der Waals surface area contributed by atoms with E-state index in [0.29, 0.717) is 35.0 Å². The largest absolute Gasteiger partial charge is 0.344 e. The van der Waals surface area contributed by atoms with E-state index in [9.17, 15) is 22.8 Å². The van der Waals surface area contributed by atoms with Gasteiger partial charge in [-0.05, 0) is 50.2 Å². The Morgan fingerprint density at radius 3 is 2.48 bits per heavy atom. The summed E-state index contributed by atoms with van der Waals surface area (Å²) in [5, 5.41) is 3.39. The molecule has 1 heterocycles. The summed E-state index contributed by atoms with van der Waals surface area (Å²) in [4.78, 5) is 37.7. The highest BCUT2D eigenvalue weighted by molar-refractivity contribution is 7.92. The van der Waals surface area contributed by atoms with Crippen molar-refractivity contribution >= 4 is 33.6 Å². The van der Waals surface area contributed by atoms with Gasteiger partial charge in [0.2, 0.25) is 10.0 Å². The Labute approximate surface area is 170 Å². The van der Waals surface area contributed by atoms with Gasteiger partial charge < -0.3 is 5.32 Å². The van der Waals surface area contributed by atoms with E-state index >= 15 is 0 Å². The molecule has 2 N–H and O–H groups in total. The molecule has 1 aliphatic heterocycles. The Balaban J connectivity index is 1.75. The second-order valence-corrected chi connectivity index (χ2v) is 9.83. The second kappa shape index (κ2) is 7.66. The third-order valence-corrected chi connectivity index (χ3v) is 6.72.